The lowest BCUT2D eigenvalue weighted by Crippen LogP contribution is -2.36. The van der Waals surface area contributed by atoms with Gasteiger partial charge in [-0.1, -0.05) is 121 Å². The molecule has 4 nitrogen and oxygen atoms in total. The van der Waals surface area contributed by atoms with Crippen LogP contribution in [0.25, 0.3) is 0 Å². The Hall–Kier alpha value is -1.39. The van der Waals surface area contributed by atoms with Gasteiger partial charge in [-0.2, -0.15) is 0 Å². The Kier molecular flexibility index (Phi) is 15.4. The molecule has 0 bridgehead atoms. The van der Waals surface area contributed by atoms with Crippen molar-refractivity contribution in [1.29, 1.82) is 0 Å². The maximum atomic E-state index is 11.4. The standard InChI is InChI=1S/C25H42O4/c1-2-3-4-5-6-7-8-9-10-11-12-13-17-20-23(26)24(25(27)28)29-21-22-18-15-14-16-19-22/h14-16,18-19,23-24,26H,2-13,17,20-21H2,1H3,(H,27,28). The lowest BCUT2D eigenvalue weighted by molar-refractivity contribution is -0.160. The summed E-state index contributed by atoms with van der Waals surface area (Å²) in [7, 11) is 0. The third-order valence-corrected chi connectivity index (χ3v) is 5.47. The molecule has 1 aromatic carbocycles. The van der Waals surface area contributed by atoms with Crippen molar-refractivity contribution < 1.29 is 19.7 Å². The summed E-state index contributed by atoms with van der Waals surface area (Å²) in [5, 5.41) is 19.6. The zero-order chi connectivity index (χ0) is 21.2. The molecule has 1 rings (SSSR count). The Balaban J connectivity index is 2.02. The highest BCUT2D eigenvalue weighted by molar-refractivity contribution is 5.73. The van der Waals surface area contributed by atoms with Gasteiger partial charge in [0.05, 0.1) is 12.7 Å². The third-order valence-electron chi connectivity index (χ3n) is 5.47. The van der Waals surface area contributed by atoms with Gasteiger partial charge in [0.25, 0.3) is 0 Å². The lowest BCUT2D eigenvalue weighted by atomic mass is 10.0. The first-order chi connectivity index (χ1) is 14.1. The quantitative estimate of drug-likeness (QED) is 0.257. The van der Waals surface area contributed by atoms with Crippen LogP contribution in [0.1, 0.15) is 102 Å². The number of aliphatic carboxylic acids is 1. The molecule has 0 amide bonds. The van der Waals surface area contributed by atoms with Gasteiger partial charge in [0.1, 0.15) is 0 Å². The summed E-state index contributed by atoms with van der Waals surface area (Å²) < 4.78 is 5.47. The Morgan fingerprint density at radius 1 is 0.828 bits per heavy atom. The van der Waals surface area contributed by atoms with Crippen molar-refractivity contribution in [1.82, 2.24) is 0 Å². The minimum Gasteiger partial charge on any atom is -0.479 e. The maximum Gasteiger partial charge on any atom is 0.335 e. The molecule has 0 saturated carbocycles. The van der Waals surface area contributed by atoms with Gasteiger partial charge in [-0.05, 0) is 12.0 Å². The molecule has 4 heteroatoms. The summed E-state index contributed by atoms with van der Waals surface area (Å²) in [6.07, 6.45) is 14.8. The lowest BCUT2D eigenvalue weighted by Gasteiger charge is -2.19. The number of aliphatic hydroxyl groups excluding tert-OH is 1. The molecule has 0 radical (unpaired) electrons. The number of benzene rings is 1. The molecule has 29 heavy (non-hydrogen) atoms. The van der Waals surface area contributed by atoms with Gasteiger partial charge in [-0.25, -0.2) is 4.79 Å². The van der Waals surface area contributed by atoms with Crippen LogP contribution in [0.5, 0.6) is 0 Å². The summed E-state index contributed by atoms with van der Waals surface area (Å²) in [6, 6.07) is 9.45. The van der Waals surface area contributed by atoms with Crippen LogP contribution in [-0.2, 0) is 16.1 Å². The number of ether oxygens (including phenoxy) is 1. The molecule has 1 aromatic rings. The van der Waals surface area contributed by atoms with Gasteiger partial charge in [0.2, 0.25) is 0 Å². The molecule has 166 valence electrons. The summed E-state index contributed by atoms with van der Waals surface area (Å²) in [5.41, 5.74) is 0.909. The second kappa shape index (κ2) is 17.5. The molecule has 0 heterocycles. The van der Waals surface area contributed by atoms with Crippen LogP contribution in [0.2, 0.25) is 0 Å². The molecule has 2 N–H and O–H groups in total. The van der Waals surface area contributed by atoms with E-state index in [1.165, 1.54) is 64.2 Å². The molecule has 0 saturated heterocycles. The normalized spacial score (nSPS) is 13.3. The number of carbonyl (C=O) groups is 1. The van der Waals surface area contributed by atoms with E-state index in [9.17, 15) is 15.0 Å². The minimum atomic E-state index is -1.16. The zero-order valence-corrected chi connectivity index (χ0v) is 18.4. The van der Waals surface area contributed by atoms with Crippen LogP contribution in [0.4, 0.5) is 0 Å². The largest absolute Gasteiger partial charge is 0.479 e. The van der Waals surface area contributed by atoms with Gasteiger partial charge < -0.3 is 14.9 Å². The average Bonchev–Trinajstić information content (AvgIpc) is 2.72. The topological polar surface area (TPSA) is 66.8 Å². The highest BCUT2D eigenvalue weighted by Crippen LogP contribution is 2.15. The molecule has 0 aliphatic carbocycles. The molecule has 0 fully saturated rings. The molecular weight excluding hydrogens is 364 g/mol. The van der Waals surface area contributed by atoms with Crippen molar-refractivity contribution in [2.75, 3.05) is 0 Å². The van der Waals surface area contributed by atoms with Crippen LogP contribution in [0.3, 0.4) is 0 Å². The minimum absolute atomic E-state index is 0.202. The Bertz CT molecular complexity index is 503. The predicted octanol–water partition coefficient (Wildman–Crippen LogP) is 6.50. The monoisotopic (exact) mass is 406 g/mol. The van der Waals surface area contributed by atoms with E-state index < -0.39 is 18.2 Å². The van der Waals surface area contributed by atoms with Crippen molar-refractivity contribution in [2.24, 2.45) is 0 Å². The Morgan fingerprint density at radius 3 is 1.79 bits per heavy atom. The zero-order valence-electron chi connectivity index (χ0n) is 18.4. The van der Waals surface area contributed by atoms with E-state index >= 15 is 0 Å². The van der Waals surface area contributed by atoms with E-state index in [2.05, 4.69) is 6.92 Å². The second-order valence-electron chi connectivity index (χ2n) is 8.15. The van der Waals surface area contributed by atoms with E-state index in [1.807, 2.05) is 30.3 Å². The van der Waals surface area contributed by atoms with Crippen molar-refractivity contribution in [2.45, 2.75) is 116 Å². The molecule has 0 aliphatic heterocycles. The third kappa shape index (κ3) is 13.5. The van der Waals surface area contributed by atoms with Crippen LogP contribution < -0.4 is 0 Å². The highest BCUT2D eigenvalue weighted by atomic mass is 16.5. The van der Waals surface area contributed by atoms with Gasteiger partial charge in [-0.3, -0.25) is 0 Å². The summed E-state index contributed by atoms with van der Waals surface area (Å²) >= 11 is 0. The molecule has 2 unspecified atom stereocenters. The fraction of sp³-hybridized carbons (Fsp3) is 0.720. The fourth-order valence-corrected chi connectivity index (χ4v) is 3.63. The van der Waals surface area contributed by atoms with Crippen molar-refractivity contribution in [3.63, 3.8) is 0 Å². The van der Waals surface area contributed by atoms with Gasteiger partial charge in [0, 0.05) is 0 Å². The van der Waals surface area contributed by atoms with Crippen molar-refractivity contribution >= 4 is 5.97 Å². The Labute approximate surface area is 177 Å². The summed E-state index contributed by atoms with van der Waals surface area (Å²) in [4.78, 5) is 11.4. The van der Waals surface area contributed by atoms with E-state index in [0.29, 0.717) is 6.42 Å². The van der Waals surface area contributed by atoms with Crippen LogP contribution in [0.15, 0.2) is 30.3 Å². The summed E-state index contributed by atoms with van der Waals surface area (Å²) in [6.45, 7) is 2.46. The number of carboxylic acids is 1. The molecule has 0 aliphatic rings. The number of carboxylic acid groups (broad SMARTS) is 1. The first-order valence-electron chi connectivity index (χ1n) is 11.7. The van der Waals surface area contributed by atoms with Gasteiger partial charge in [-0.15, -0.1) is 0 Å². The fourth-order valence-electron chi connectivity index (χ4n) is 3.63. The van der Waals surface area contributed by atoms with Gasteiger partial charge in [0.15, 0.2) is 6.10 Å². The Morgan fingerprint density at radius 2 is 1.31 bits per heavy atom. The first-order valence-corrected chi connectivity index (χ1v) is 11.7. The highest BCUT2D eigenvalue weighted by Gasteiger charge is 2.26. The van der Waals surface area contributed by atoms with Crippen molar-refractivity contribution in [3.8, 4) is 0 Å². The van der Waals surface area contributed by atoms with Crippen molar-refractivity contribution in [3.05, 3.63) is 35.9 Å². The van der Waals surface area contributed by atoms with Gasteiger partial charge >= 0.3 is 5.97 Å². The van der Waals surface area contributed by atoms with E-state index in [0.717, 1.165) is 24.8 Å². The van der Waals surface area contributed by atoms with E-state index in [4.69, 9.17) is 4.74 Å². The second-order valence-corrected chi connectivity index (χ2v) is 8.15. The molecule has 0 spiro atoms. The van der Waals surface area contributed by atoms with Crippen LogP contribution in [-0.4, -0.2) is 28.4 Å². The SMILES string of the molecule is CCCCCCCCCCCCCCCC(O)C(OCc1ccccc1)C(=O)O. The van der Waals surface area contributed by atoms with Crippen LogP contribution in [0, 0.1) is 0 Å². The predicted molar refractivity (Wildman–Crippen MR) is 119 cm³/mol. The number of hydrogen-bond donors (Lipinski definition) is 2. The number of rotatable bonds is 19. The number of aliphatic hydroxyl groups is 1. The number of unbranched alkanes of at least 4 members (excludes halogenated alkanes) is 12. The maximum absolute atomic E-state index is 11.4. The van der Waals surface area contributed by atoms with Crippen LogP contribution >= 0.6 is 0 Å². The summed E-state index contributed by atoms with van der Waals surface area (Å²) in [5.74, 6) is -1.09. The first kappa shape index (κ1) is 25.6. The smallest absolute Gasteiger partial charge is 0.335 e. The number of hydrogen-bond acceptors (Lipinski definition) is 3. The van der Waals surface area contributed by atoms with E-state index in [1.54, 1.807) is 0 Å². The average molecular weight is 407 g/mol. The molecule has 2 atom stereocenters. The molecular formula is C25H42O4. The van der Waals surface area contributed by atoms with E-state index in [-0.39, 0.29) is 6.61 Å². The molecule has 0 aromatic heterocycles.